The van der Waals surface area contributed by atoms with E-state index in [0.717, 1.165) is 15.1 Å². The Kier molecular flexibility index (Phi) is 5.75. The van der Waals surface area contributed by atoms with Gasteiger partial charge in [-0.2, -0.15) is 5.10 Å². The maximum atomic E-state index is 12.5. The zero-order valence-corrected chi connectivity index (χ0v) is 16.0. The maximum Gasteiger partial charge on any atom is 0.255 e. The minimum Gasteiger partial charge on any atom is -0.369 e. The Bertz CT molecular complexity index is 940. The highest BCUT2D eigenvalue weighted by Gasteiger charge is 2.10. The van der Waals surface area contributed by atoms with Crippen LogP contribution in [0.25, 0.3) is 5.69 Å². The van der Waals surface area contributed by atoms with E-state index >= 15 is 0 Å². The van der Waals surface area contributed by atoms with Gasteiger partial charge in [-0.05, 0) is 52.3 Å². The zero-order valence-electron chi connectivity index (χ0n) is 13.6. The van der Waals surface area contributed by atoms with Crippen LogP contribution in [0, 0.1) is 0 Å². The van der Waals surface area contributed by atoms with E-state index < -0.39 is 5.91 Å². The van der Waals surface area contributed by atoms with Crippen LogP contribution in [0.2, 0.25) is 0 Å². The third kappa shape index (κ3) is 4.53. The zero-order chi connectivity index (χ0) is 18.5. The molecule has 0 aliphatic carbocycles. The molecule has 1 heterocycles. The van der Waals surface area contributed by atoms with Gasteiger partial charge >= 0.3 is 0 Å². The molecule has 0 spiro atoms. The number of benzene rings is 2. The van der Waals surface area contributed by atoms with Gasteiger partial charge in [0.1, 0.15) is 0 Å². The number of nitrogens with one attached hydrogen (secondary N) is 1. The first-order valence-electron chi connectivity index (χ1n) is 7.65. The monoisotopic (exact) mass is 430 g/mol. The number of hydrogen-bond acceptors (Lipinski definition) is 4. The Labute approximate surface area is 162 Å². The van der Waals surface area contributed by atoms with Gasteiger partial charge < -0.3 is 11.1 Å². The third-order valence-electron chi connectivity index (χ3n) is 3.45. The first kappa shape index (κ1) is 18.2. The first-order valence-corrected chi connectivity index (χ1v) is 9.43. The van der Waals surface area contributed by atoms with E-state index in [1.807, 2.05) is 36.5 Å². The fourth-order valence-corrected chi connectivity index (χ4v) is 3.28. The van der Waals surface area contributed by atoms with Crippen molar-refractivity contribution in [3.63, 3.8) is 0 Å². The molecule has 1 aromatic heterocycles. The molecule has 26 heavy (non-hydrogen) atoms. The number of aromatic nitrogens is 2. The Balaban J connectivity index is 1.73. The molecule has 3 rings (SSSR count). The smallest absolute Gasteiger partial charge is 0.255 e. The second-order valence-corrected chi connectivity index (χ2v) is 7.29. The van der Waals surface area contributed by atoms with Crippen molar-refractivity contribution < 1.29 is 9.59 Å². The number of amides is 2. The van der Waals surface area contributed by atoms with Crippen LogP contribution in [0.4, 0.5) is 5.69 Å². The molecular formula is C18H15BrN4O2S. The number of primary amides is 1. The molecule has 0 aliphatic rings. The fraction of sp³-hybridized carbons (Fsp3) is 0.0556. The van der Waals surface area contributed by atoms with Crippen molar-refractivity contribution in [3.8, 4) is 5.69 Å². The van der Waals surface area contributed by atoms with Crippen molar-refractivity contribution in [1.29, 1.82) is 0 Å². The Morgan fingerprint density at radius 1 is 1.15 bits per heavy atom. The molecule has 6 nitrogen and oxygen atoms in total. The average Bonchev–Trinajstić information content (AvgIpc) is 3.07. The largest absolute Gasteiger partial charge is 0.369 e. The molecule has 0 saturated heterocycles. The van der Waals surface area contributed by atoms with Gasteiger partial charge in [0.05, 0.1) is 27.8 Å². The van der Waals surface area contributed by atoms with Crippen molar-refractivity contribution in [3.05, 3.63) is 71.0 Å². The van der Waals surface area contributed by atoms with Gasteiger partial charge in [0.25, 0.3) is 5.91 Å². The lowest BCUT2D eigenvalue weighted by atomic mass is 10.2. The molecule has 0 bridgehead atoms. The Hall–Kier alpha value is -2.58. The van der Waals surface area contributed by atoms with Crippen LogP contribution >= 0.6 is 27.7 Å². The van der Waals surface area contributed by atoms with Crippen molar-refractivity contribution in [2.24, 2.45) is 5.73 Å². The summed E-state index contributed by atoms with van der Waals surface area (Å²) in [5, 5.41) is 7.08. The molecule has 2 amide bonds. The van der Waals surface area contributed by atoms with E-state index in [2.05, 4.69) is 26.3 Å². The third-order valence-corrected chi connectivity index (χ3v) is 4.96. The minimum absolute atomic E-state index is 0.154. The van der Waals surface area contributed by atoms with Crippen LogP contribution in [-0.4, -0.2) is 27.3 Å². The number of thioether (sulfide) groups is 1. The molecule has 0 fully saturated rings. The molecule has 0 unspecified atom stereocenters. The summed E-state index contributed by atoms with van der Waals surface area (Å²) in [7, 11) is 0. The number of carbonyl (C=O) groups is 2. The fourth-order valence-electron chi connectivity index (χ4n) is 2.25. The highest BCUT2D eigenvalue weighted by molar-refractivity contribution is 9.10. The van der Waals surface area contributed by atoms with Crippen molar-refractivity contribution in [1.82, 2.24) is 9.78 Å². The van der Waals surface area contributed by atoms with E-state index in [-0.39, 0.29) is 11.7 Å². The normalized spacial score (nSPS) is 10.5. The van der Waals surface area contributed by atoms with E-state index in [1.165, 1.54) is 11.8 Å². The maximum absolute atomic E-state index is 12.5. The van der Waals surface area contributed by atoms with Crippen LogP contribution in [0.15, 0.2) is 70.3 Å². The summed E-state index contributed by atoms with van der Waals surface area (Å²) >= 11 is 4.64. The summed E-state index contributed by atoms with van der Waals surface area (Å²) in [5.74, 6) is -0.483. The lowest BCUT2D eigenvalue weighted by Gasteiger charge is -2.10. The average molecular weight is 431 g/mol. The molecule has 8 heteroatoms. The van der Waals surface area contributed by atoms with Gasteiger partial charge in [-0.3, -0.25) is 9.59 Å². The summed E-state index contributed by atoms with van der Waals surface area (Å²) in [6, 6.07) is 14.4. The highest BCUT2D eigenvalue weighted by atomic mass is 79.9. The molecule has 2 aromatic carbocycles. The van der Waals surface area contributed by atoms with Crippen LogP contribution in [0.3, 0.4) is 0 Å². The summed E-state index contributed by atoms with van der Waals surface area (Å²) in [4.78, 5) is 24.3. The minimum atomic E-state index is -0.406. The van der Waals surface area contributed by atoms with Crippen molar-refractivity contribution >= 4 is 45.2 Å². The molecule has 0 atom stereocenters. The highest BCUT2D eigenvalue weighted by Crippen LogP contribution is 2.27. The topological polar surface area (TPSA) is 90.0 Å². The van der Waals surface area contributed by atoms with Crippen LogP contribution < -0.4 is 11.1 Å². The van der Waals surface area contributed by atoms with Crippen molar-refractivity contribution in [2.75, 3.05) is 11.1 Å². The molecule has 3 aromatic rings. The number of rotatable bonds is 6. The van der Waals surface area contributed by atoms with E-state index in [0.29, 0.717) is 11.3 Å². The van der Waals surface area contributed by atoms with Gasteiger partial charge in [-0.15, -0.1) is 11.8 Å². The van der Waals surface area contributed by atoms with E-state index in [4.69, 9.17) is 5.73 Å². The standard InChI is InChI=1S/C18H15BrN4O2S/c19-13-9-21-23(10-13)14-7-5-12(6-8-14)18(25)22-15-3-1-2-4-16(15)26-11-17(20)24/h1-10H,11H2,(H2,20,24)(H,22,25). The Morgan fingerprint density at radius 3 is 2.54 bits per heavy atom. The van der Waals surface area contributed by atoms with Crippen molar-refractivity contribution in [2.45, 2.75) is 4.90 Å². The molecular weight excluding hydrogens is 416 g/mol. The lowest BCUT2D eigenvalue weighted by Crippen LogP contribution is -2.14. The molecule has 3 N–H and O–H groups in total. The number of nitrogens with zero attached hydrogens (tertiary/aromatic N) is 2. The summed E-state index contributed by atoms with van der Waals surface area (Å²) in [6.07, 6.45) is 3.53. The number of nitrogens with two attached hydrogens (primary N) is 1. The summed E-state index contributed by atoms with van der Waals surface area (Å²) in [6.45, 7) is 0. The number of carbonyl (C=O) groups excluding carboxylic acids is 2. The summed E-state index contributed by atoms with van der Waals surface area (Å²) in [5.41, 5.74) is 7.21. The molecule has 0 aliphatic heterocycles. The van der Waals surface area contributed by atoms with Gasteiger partial charge in [0, 0.05) is 16.7 Å². The second kappa shape index (κ2) is 8.20. The molecule has 0 saturated carbocycles. The number of hydrogen-bond donors (Lipinski definition) is 2. The number of anilines is 1. The van der Waals surface area contributed by atoms with Gasteiger partial charge in [-0.1, -0.05) is 12.1 Å². The number of halogens is 1. The second-order valence-electron chi connectivity index (χ2n) is 5.36. The number of para-hydroxylation sites is 1. The Morgan fingerprint density at radius 2 is 1.88 bits per heavy atom. The van der Waals surface area contributed by atoms with E-state index in [9.17, 15) is 9.59 Å². The molecule has 132 valence electrons. The van der Waals surface area contributed by atoms with Gasteiger partial charge in [0.15, 0.2) is 0 Å². The molecule has 0 radical (unpaired) electrons. The van der Waals surface area contributed by atoms with Crippen LogP contribution in [0.1, 0.15) is 10.4 Å². The van der Waals surface area contributed by atoms with Crippen LogP contribution in [0.5, 0.6) is 0 Å². The lowest BCUT2D eigenvalue weighted by molar-refractivity contribution is -0.115. The quantitative estimate of drug-likeness (QED) is 0.585. The predicted molar refractivity (Wildman–Crippen MR) is 106 cm³/mol. The first-order chi connectivity index (χ1) is 12.5. The van der Waals surface area contributed by atoms with Crippen LogP contribution in [-0.2, 0) is 4.79 Å². The SMILES string of the molecule is NC(=O)CSc1ccccc1NC(=O)c1ccc(-n2cc(Br)cn2)cc1. The summed E-state index contributed by atoms with van der Waals surface area (Å²) < 4.78 is 2.59. The predicted octanol–water partition coefficient (Wildman–Crippen LogP) is 3.46. The van der Waals surface area contributed by atoms with Gasteiger partial charge in [-0.25, -0.2) is 4.68 Å². The van der Waals surface area contributed by atoms with Gasteiger partial charge in [0.2, 0.25) is 5.91 Å². The van der Waals surface area contributed by atoms with E-state index in [1.54, 1.807) is 29.1 Å².